The van der Waals surface area contributed by atoms with Gasteiger partial charge in [-0.05, 0) is 24.3 Å². The normalized spacial score (nSPS) is 10.3. The topological polar surface area (TPSA) is 37.3 Å². The van der Waals surface area contributed by atoms with Gasteiger partial charge in [0, 0.05) is 4.90 Å². The Kier molecular flexibility index (Phi) is 3.62. The number of halogens is 2. The Balaban J connectivity index is 2.46. The number of carbonyl (C=O) groups is 1. The summed E-state index contributed by atoms with van der Waals surface area (Å²) >= 11 is 0.765. The first-order valence-electron chi connectivity index (χ1n) is 5.04. The van der Waals surface area contributed by atoms with Crippen molar-refractivity contribution in [2.75, 3.05) is 0 Å². The van der Waals surface area contributed by atoms with Crippen molar-refractivity contribution in [1.29, 1.82) is 0 Å². The van der Waals surface area contributed by atoms with Gasteiger partial charge in [0.25, 0.3) is 0 Å². The molecule has 0 amide bonds. The van der Waals surface area contributed by atoms with E-state index in [4.69, 9.17) is 5.11 Å². The standard InChI is InChI=1S/C13H8F2O2S/c14-9-5-1-2-7-11(9)18-12-8(13(16)17)4-3-6-10(12)15/h1-7H,(H,16,17). The summed E-state index contributed by atoms with van der Waals surface area (Å²) in [6.45, 7) is 0. The van der Waals surface area contributed by atoms with Crippen LogP contribution in [0.15, 0.2) is 52.3 Å². The molecule has 0 spiro atoms. The molecule has 0 heterocycles. The van der Waals surface area contributed by atoms with E-state index >= 15 is 0 Å². The summed E-state index contributed by atoms with van der Waals surface area (Å²) in [5.74, 6) is -2.43. The first-order valence-corrected chi connectivity index (χ1v) is 5.85. The molecule has 0 aliphatic rings. The SMILES string of the molecule is O=C(O)c1cccc(F)c1Sc1ccccc1F. The molecule has 0 atom stereocenters. The molecule has 92 valence electrons. The molecular formula is C13H8F2O2S. The van der Waals surface area contributed by atoms with Gasteiger partial charge in [0.2, 0.25) is 0 Å². The van der Waals surface area contributed by atoms with Crippen LogP contribution in [0.2, 0.25) is 0 Å². The molecule has 0 saturated carbocycles. The molecule has 18 heavy (non-hydrogen) atoms. The molecule has 2 aromatic carbocycles. The highest BCUT2D eigenvalue weighted by Gasteiger charge is 2.16. The zero-order chi connectivity index (χ0) is 13.1. The molecule has 0 saturated heterocycles. The number of carboxylic acids is 1. The Morgan fingerprint density at radius 1 is 1.00 bits per heavy atom. The first-order chi connectivity index (χ1) is 8.59. The Morgan fingerprint density at radius 2 is 1.67 bits per heavy atom. The van der Waals surface area contributed by atoms with Crippen LogP contribution in [0.4, 0.5) is 8.78 Å². The van der Waals surface area contributed by atoms with Gasteiger partial charge in [-0.2, -0.15) is 0 Å². The third kappa shape index (κ3) is 2.51. The van der Waals surface area contributed by atoms with Crippen molar-refractivity contribution in [3.63, 3.8) is 0 Å². The van der Waals surface area contributed by atoms with Crippen LogP contribution in [-0.2, 0) is 0 Å². The second-order valence-electron chi connectivity index (χ2n) is 3.45. The van der Waals surface area contributed by atoms with Gasteiger partial charge >= 0.3 is 5.97 Å². The maximum atomic E-state index is 13.6. The van der Waals surface area contributed by atoms with E-state index in [1.165, 1.54) is 30.3 Å². The predicted molar refractivity (Wildman–Crippen MR) is 63.9 cm³/mol. The number of benzene rings is 2. The van der Waals surface area contributed by atoms with E-state index in [2.05, 4.69) is 0 Å². The van der Waals surface area contributed by atoms with E-state index in [-0.39, 0.29) is 15.4 Å². The summed E-state index contributed by atoms with van der Waals surface area (Å²) in [5, 5.41) is 8.96. The molecule has 0 aliphatic carbocycles. The lowest BCUT2D eigenvalue weighted by atomic mass is 10.2. The van der Waals surface area contributed by atoms with Crippen molar-refractivity contribution in [1.82, 2.24) is 0 Å². The number of hydrogen-bond donors (Lipinski definition) is 1. The van der Waals surface area contributed by atoms with Crippen LogP contribution in [0.25, 0.3) is 0 Å². The van der Waals surface area contributed by atoms with Gasteiger partial charge in [-0.1, -0.05) is 30.0 Å². The molecule has 2 rings (SSSR count). The lowest BCUT2D eigenvalue weighted by Crippen LogP contribution is -2.00. The maximum absolute atomic E-state index is 13.6. The van der Waals surface area contributed by atoms with Gasteiger partial charge in [0.05, 0.1) is 10.5 Å². The van der Waals surface area contributed by atoms with E-state index in [0.717, 1.165) is 17.8 Å². The molecule has 0 radical (unpaired) electrons. The Hall–Kier alpha value is -1.88. The maximum Gasteiger partial charge on any atom is 0.336 e. The van der Waals surface area contributed by atoms with E-state index in [1.54, 1.807) is 6.07 Å². The molecule has 0 aliphatic heterocycles. The van der Waals surface area contributed by atoms with E-state index in [0.29, 0.717) is 0 Å². The Labute approximate surface area is 106 Å². The number of rotatable bonds is 3. The molecule has 0 fully saturated rings. The fourth-order valence-electron chi connectivity index (χ4n) is 1.42. The van der Waals surface area contributed by atoms with Crippen molar-refractivity contribution in [2.24, 2.45) is 0 Å². The number of hydrogen-bond acceptors (Lipinski definition) is 2. The van der Waals surface area contributed by atoms with Gasteiger partial charge in [0.1, 0.15) is 11.6 Å². The highest BCUT2D eigenvalue weighted by molar-refractivity contribution is 7.99. The molecule has 0 unspecified atom stereocenters. The second-order valence-corrected chi connectivity index (χ2v) is 4.51. The lowest BCUT2D eigenvalue weighted by Gasteiger charge is -2.07. The van der Waals surface area contributed by atoms with Crippen LogP contribution in [0.5, 0.6) is 0 Å². The van der Waals surface area contributed by atoms with Crippen LogP contribution in [-0.4, -0.2) is 11.1 Å². The quantitative estimate of drug-likeness (QED) is 0.917. The van der Waals surface area contributed by atoms with Crippen molar-refractivity contribution in [2.45, 2.75) is 9.79 Å². The van der Waals surface area contributed by atoms with Gasteiger partial charge in [-0.15, -0.1) is 0 Å². The van der Waals surface area contributed by atoms with Crippen molar-refractivity contribution < 1.29 is 18.7 Å². The van der Waals surface area contributed by atoms with Crippen molar-refractivity contribution in [3.8, 4) is 0 Å². The minimum atomic E-state index is -1.24. The lowest BCUT2D eigenvalue weighted by molar-refractivity contribution is 0.0692. The summed E-state index contributed by atoms with van der Waals surface area (Å²) in [4.78, 5) is 11.1. The van der Waals surface area contributed by atoms with E-state index < -0.39 is 17.6 Å². The monoisotopic (exact) mass is 266 g/mol. The van der Waals surface area contributed by atoms with E-state index in [9.17, 15) is 13.6 Å². The highest BCUT2D eigenvalue weighted by atomic mass is 32.2. The molecule has 2 aromatic rings. The molecule has 2 nitrogen and oxygen atoms in total. The fraction of sp³-hybridized carbons (Fsp3) is 0. The van der Waals surface area contributed by atoms with Crippen LogP contribution in [0.1, 0.15) is 10.4 Å². The fourth-order valence-corrected chi connectivity index (χ4v) is 2.38. The molecule has 5 heteroatoms. The van der Waals surface area contributed by atoms with Gasteiger partial charge < -0.3 is 5.11 Å². The van der Waals surface area contributed by atoms with E-state index in [1.807, 2.05) is 0 Å². The summed E-state index contributed by atoms with van der Waals surface area (Å²) in [6, 6.07) is 9.57. The minimum absolute atomic E-state index is 0.0879. The number of carboxylic acid groups (broad SMARTS) is 1. The summed E-state index contributed by atoms with van der Waals surface area (Å²) < 4.78 is 27.1. The Morgan fingerprint density at radius 3 is 2.33 bits per heavy atom. The molecule has 0 aromatic heterocycles. The molecular weight excluding hydrogens is 258 g/mol. The summed E-state index contributed by atoms with van der Waals surface area (Å²) in [5.41, 5.74) is -0.178. The average Bonchev–Trinajstić information content (AvgIpc) is 2.34. The third-order valence-electron chi connectivity index (χ3n) is 2.25. The van der Waals surface area contributed by atoms with Crippen LogP contribution in [0.3, 0.4) is 0 Å². The van der Waals surface area contributed by atoms with Gasteiger partial charge in [-0.25, -0.2) is 13.6 Å². The average molecular weight is 266 g/mol. The second kappa shape index (κ2) is 5.18. The smallest absolute Gasteiger partial charge is 0.336 e. The van der Waals surface area contributed by atoms with Gasteiger partial charge in [-0.3, -0.25) is 0 Å². The zero-order valence-electron chi connectivity index (χ0n) is 9.06. The summed E-state index contributed by atoms with van der Waals surface area (Å²) in [6.07, 6.45) is 0. The van der Waals surface area contributed by atoms with Crippen LogP contribution in [0, 0.1) is 11.6 Å². The highest BCUT2D eigenvalue weighted by Crippen LogP contribution is 2.34. The Bertz CT molecular complexity index is 599. The first kappa shape index (κ1) is 12.6. The minimum Gasteiger partial charge on any atom is -0.478 e. The molecule has 0 bridgehead atoms. The molecule has 1 N–H and O–H groups in total. The predicted octanol–water partition coefficient (Wildman–Crippen LogP) is 3.81. The van der Waals surface area contributed by atoms with Gasteiger partial charge in [0.15, 0.2) is 0 Å². The largest absolute Gasteiger partial charge is 0.478 e. The van der Waals surface area contributed by atoms with Crippen LogP contribution >= 0.6 is 11.8 Å². The van der Waals surface area contributed by atoms with Crippen molar-refractivity contribution >= 4 is 17.7 Å². The number of aromatic carboxylic acids is 1. The van der Waals surface area contributed by atoms with Crippen LogP contribution < -0.4 is 0 Å². The summed E-state index contributed by atoms with van der Waals surface area (Å²) in [7, 11) is 0. The zero-order valence-corrected chi connectivity index (χ0v) is 9.88. The third-order valence-corrected chi connectivity index (χ3v) is 3.42. The van der Waals surface area contributed by atoms with Crippen molar-refractivity contribution in [3.05, 3.63) is 59.7 Å².